The zero-order valence-corrected chi connectivity index (χ0v) is 16.4. The molecule has 2 amide bonds. The normalized spacial score (nSPS) is 26.8. The highest BCUT2D eigenvalue weighted by Crippen LogP contribution is 2.36. The number of nitrogens with one attached hydrogen (secondary N) is 1. The van der Waals surface area contributed by atoms with E-state index in [0.717, 1.165) is 45.7 Å². The molecule has 146 valence electrons. The van der Waals surface area contributed by atoms with Gasteiger partial charge in [0.1, 0.15) is 0 Å². The number of likely N-dealkylation sites (tertiary alicyclic amines) is 1. The van der Waals surface area contributed by atoms with E-state index < -0.39 is 0 Å². The number of ether oxygens (including phenoxy) is 1. The predicted octanol–water partition coefficient (Wildman–Crippen LogP) is 1.87. The van der Waals surface area contributed by atoms with Crippen molar-refractivity contribution in [2.24, 2.45) is 18.9 Å². The average molecular weight is 364 g/mol. The van der Waals surface area contributed by atoms with Crippen molar-refractivity contribution in [1.29, 1.82) is 0 Å². The van der Waals surface area contributed by atoms with Crippen LogP contribution in [0.15, 0.2) is 12.4 Å². The number of carbonyl (C=O) groups excluding carboxylic acids is 1. The molecule has 26 heavy (non-hydrogen) atoms. The van der Waals surface area contributed by atoms with Crippen LogP contribution in [-0.2, 0) is 11.8 Å². The van der Waals surface area contributed by atoms with E-state index in [4.69, 9.17) is 4.74 Å². The van der Waals surface area contributed by atoms with E-state index in [9.17, 15) is 4.79 Å². The number of carbonyl (C=O) groups is 1. The summed E-state index contributed by atoms with van der Waals surface area (Å²) >= 11 is 0. The fourth-order valence-electron chi connectivity index (χ4n) is 4.32. The third kappa shape index (κ3) is 4.57. The molecule has 0 spiro atoms. The third-order valence-corrected chi connectivity index (χ3v) is 5.75. The van der Waals surface area contributed by atoms with Crippen LogP contribution in [0.5, 0.6) is 0 Å². The Balaban J connectivity index is 1.60. The van der Waals surface area contributed by atoms with Gasteiger partial charge in [-0.25, -0.2) is 4.79 Å². The second-order valence-corrected chi connectivity index (χ2v) is 7.72. The summed E-state index contributed by atoms with van der Waals surface area (Å²) in [5, 5.41) is 7.44. The molecule has 1 N–H and O–H groups in total. The molecule has 7 nitrogen and oxygen atoms in total. The van der Waals surface area contributed by atoms with E-state index in [2.05, 4.69) is 28.4 Å². The molecule has 2 fully saturated rings. The maximum absolute atomic E-state index is 12.5. The molecule has 0 saturated carbocycles. The van der Waals surface area contributed by atoms with E-state index in [1.54, 1.807) is 0 Å². The van der Waals surface area contributed by atoms with Crippen molar-refractivity contribution >= 4 is 6.03 Å². The van der Waals surface area contributed by atoms with Gasteiger partial charge in [-0.05, 0) is 38.3 Å². The molecule has 2 aliphatic rings. The summed E-state index contributed by atoms with van der Waals surface area (Å²) < 4.78 is 7.25. The summed E-state index contributed by atoms with van der Waals surface area (Å²) in [4.78, 5) is 16.9. The first-order valence-corrected chi connectivity index (χ1v) is 9.87. The Morgan fingerprint density at radius 1 is 1.46 bits per heavy atom. The predicted molar refractivity (Wildman–Crippen MR) is 101 cm³/mol. The maximum atomic E-state index is 12.5. The van der Waals surface area contributed by atoms with Gasteiger partial charge in [-0.1, -0.05) is 6.92 Å². The van der Waals surface area contributed by atoms with Crippen LogP contribution >= 0.6 is 0 Å². The summed E-state index contributed by atoms with van der Waals surface area (Å²) in [5.74, 6) is 0.888. The zero-order valence-electron chi connectivity index (χ0n) is 16.4. The number of amides is 2. The monoisotopic (exact) mass is 363 g/mol. The second-order valence-electron chi connectivity index (χ2n) is 7.72. The average Bonchev–Trinajstić information content (AvgIpc) is 3.30. The lowest BCUT2D eigenvalue weighted by Gasteiger charge is -2.42. The standard InChI is InChI=1S/C19H33N5O2/c1-4-24-8-5-6-16(18(24)17-11-21-23(3)13-17)12-22(2)19(25)20-10-15-7-9-26-14-15/h11,13,15-16,18H,4-10,12,14H2,1-3H3,(H,20,25)/t15?,16-,18+/m0/s1. The van der Waals surface area contributed by atoms with Gasteiger partial charge in [-0.15, -0.1) is 0 Å². The Morgan fingerprint density at radius 3 is 2.96 bits per heavy atom. The molecule has 1 aromatic rings. The Morgan fingerprint density at radius 2 is 2.31 bits per heavy atom. The van der Waals surface area contributed by atoms with Crippen LogP contribution in [0, 0.1) is 11.8 Å². The molecule has 1 unspecified atom stereocenters. The van der Waals surface area contributed by atoms with Crippen molar-refractivity contribution in [1.82, 2.24) is 24.9 Å². The topological polar surface area (TPSA) is 62.6 Å². The molecule has 3 atom stereocenters. The summed E-state index contributed by atoms with van der Waals surface area (Å²) in [6.07, 6.45) is 7.47. The number of hydrogen-bond acceptors (Lipinski definition) is 4. The van der Waals surface area contributed by atoms with Gasteiger partial charge >= 0.3 is 6.03 Å². The van der Waals surface area contributed by atoms with Gasteiger partial charge < -0.3 is 15.0 Å². The lowest BCUT2D eigenvalue weighted by molar-refractivity contribution is 0.0812. The van der Waals surface area contributed by atoms with Gasteiger partial charge in [0.05, 0.1) is 12.8 Å². The number of aromatic nitrogens is 2. The molecule has 0 aliphatic carbocycles. The van der Waals surface area contributed by atoms with Crippen molar-refractivity contribution in [3.05, 3.63) is 18.0 Å². The highest BCUT2D eigenvalue weighted by Gasteiger charge is 2.34. The van der Waals surface area contributed by atoms with Crippen LogP contribution in [0.3, 0.4) is 0 Å². The molecule has 2 saturated heterocycles. The van der Waals surface area contributed by atoms with Gasteiger partial charge in [0.25, 0.3) is 0 Å². The molecular formula is C19H33N5O2. The first-order chi connectivity index (χ1) is 12.6. The van der Waals surface area contributed by atoms with E-state index in [-0.39, 0.29) is 6.03 Å². The number of nitrogens with zero attached hydrogens (tertiary/aromatic N) is 4. The highest BCUT2D eigenvalue weighted by atomic mass is 16.5. The van der Waals surface area contributed by atoms with E-state index in [1.807, 2.05) is 29.9 Å². The quantitative estimate of drug-likeness (QED) is 0.838. The molecule has 7 heteroatoms. The number of aryl methyl sites for hydroxylation is 1. The lowest BCUT2D eigenvalue weighted by Crippen LogP contribution is -2.46. The van der Waals surface area contributed by atoms with Crippen molar-refractivity contribution < 1.29 is 9.53 Å². The lowest BCUT2D eigenvalue weighted by atomic mass is 9.85. The number of rotatable bonds is 6. The number of piperidine rings is 1. The SMILES string of the molecule is CCN1CCC[C@@H](CN(C)C(=O)NCC2CCOC2)[C@@H]1c1cnn(C)c1. The maximum Gasteiger partial charge on any atom is 0.317 e. The largest absolute Gasteiger partial charge is 0.381 e. The summed E-state index contributed by atoms with van der Waals surface area (Å²) in [6, 6.07) is 0.358. The summed E-state index contributed by atoms with van der Waals surface area (Å²) in [7, 11) is 3.87. The molecule has 0 aromatic carbocycles. The van der Waals surface area contributed by atoms with Crippen LogP contribution in [0.25, 0.3) is 0 Å². The molecule has 2 aliphatic heterocycles. The van der Waals surface area contributed by atoms with Gasteiger partial charge in [0.2, 0.25) is 0 Å². The number of urea groups is 1. The first-order valence-electron chi connectivity index (χ1n) is 9.87. The van der Waals surface area contributed by atoms with Gasteiger partial charge in [-0.2, -0.15) is 5.10 Å². The molecule has 1 aromatic heterocycles. The van der Waals surface area contributed by atoms with E-state index >= 15 is 0 Å². The van der Waals surface area contributed by atoms with Crippen LogP contribution in [-0.4, -0.2) is 72.1 Å². The van der Waals surface area contributed by atoms with Gasteiger partial charge in [-0.3, -0.25) is 9.58 Å². The van der Waals surface area contributed by atoms with E-state index in [1.165, 1.54) is 12.0 Å². The van der Waals surface area contributed by atoms with E-state index in [0.29, 0.717) is 24.4 Å². The highest BCUT2D eigenvalue weighted by molar-refractivity contribution is 5.73. The molecule has 3 heterocycles. The van der Waals surface area contributed by atoms with Crippen molar-refractivity contribution in [2.45, 2.75) is 32.2 Å². The third-order valence-electron chi connectivity index (χ3n) is 5.75. The van der Waals surface area contributed by atoms with Crippen molar-refractivity contribution in [3.8, 4) is 0 Å². The number of hydrogen-bond donors (Lipinski definition) is 1. The van der Waals surface area contributed by atoms with Gasteiger partial charge in [0, 0.05) is 57.5 Å². The fourth-order valence-corrected chi connectivity index (χ4v) is 4.32. The van der Waals surface area contributed by atoms with Gasteiger partial charge in [0.15, 0.2) is 0 Å². The van der Waals surface area contributed by atoms with Crippen LogP contribution in [0.4, 0.5) is 4.79 Å². The smallest absolute Gasteiger partial charge is 0.317 e. The van der Waals surface area contributed by atoms with Crippen molar-refractivity contribution in [2.75, 3.05) is 46.4 Å². The van der Waals surface area contributed by atoms with Crippen LogP contribution in [0.2, 0.25) is 0 Å². The summed E-state index contributed by atoms with van der Waals surface area (Å²) in [6.45, 7) is 7.41. The molecule has 0 bridgehead atoms. The van der Waals surface area contributed by atoms with Crippen LogP contribution in [0.1, 0.15) is 37.8 Å². The van der Waals surface area contributed by atoms with Crippen molar-refractivity contribution in [3.63, 3.8) is 0 Å². The second kappa shape index (κ2) is 8.86. The first kappa shape index (κ1) is 19.2. The minimum atomic E-state index is 0.0236. The minimum Gasteiger partial charge on any atom is -0.381 e. The Bertz CT molecular complexity index is 584. The Labute approximate surface area is 156 Å². The molecular weight excluding hydrogens is 330 g/mol. The molecule has 3 rings (SSSR count). The molecule has 0 radical (unpaired) electrons. The summed E-state index contributed by atoms with van der Waals surface area (Å²) in [5.41, 5.74) is 1.26. The van der Waals surface area contributed by atoms with Crippen LogP contribution < -0.4 is 5.32 Å². The minimum absolute atomic E-state index is 0.0236. The Kier molecular flexibility index (Phi) is 6.53. The Hall–Kier alpha value is -1.60. The fraction of sp³-hybridized carbons (Fsp3) is 0.789. The zero-order chi connectivity index (χ0) is 18.5.